The lowest BCUT2D eigenvalue weighted by molar-refractivity contribution is 0.0761. The molecule has 0 unspecified atom stereocenters. The number of anilines is 1. The Bertz CT molecular complexity index is 745. The van der Waals surface area contributed by atoms with Gasteiger partial charge in [0.25, 0.3) is 5.91 Å². The van der Waals surface area contributed by atoms with Gasteiger partial charge in [-0.15, -0.1) is 0 Å². The van der Waals surface area contributed by atoms with Crippen molar-refractivity contribution in [3.63, 3.8) is 0 Å². The van der Waals surface area contributed by atoms with Crippen LogP contribution in [0.2, 0.25) is 0 Å². The van der Waals surface area contributed by atoms with Crippen molar-refractivity contribution in [3.05, 3.63) is 65.5 Å². The molecule has 0 saturated carbocycles. The molecule has 1 aliphatic rings. The fourth-order valence-electron chi connectivity index (χ4n) is 3.28. The summed E-state index contributed by atoms with van der Waals surface area (Å²) >= 11 is 0. The van der Waals surface area contributed by atoms with Crippen molar-refractivity contribution in [3.8, 4) is 0 Å². The number of hydrogen-bond acceptors (Lipinski definition) is 3. The first-order valence-electron chi connectivity index (χ1n) is 9.06. The van der Waals surface area contributed by atoms with Crippen molar-refractivity contribution in [2.24, 2.45) is 0 Å². The summed E-state index contributed by atoms with van der Waals surface area (Å²) in [7, 11) is 3.95. The van der Waals surface area contributed by atoms with Crippen LogP contribution in [0.1, 0.15) is 22.3 Å². The van der Waals surface area contributed by atoms with Crippen LogP contribution in [0.4, 0.5) is 10.1 Å². The molecular formula is C21H26FN3O. The third kappa shape index (κ3) is 4.61. The molecular weight excluding hydrogens is 329 g/mol. The zero-order valence-electron chi connectivity index (χ0n) is 15.5. The average Bonchev–Trinajstić information content (AvgIpc) is 2.89. The van der Waals surface area contributed by atoms with E-state index < -0.39 is 0 Å². The van der Waals surface area contributed by atoms with Crippen LogP contribution in [-0.4, -0.2) is 56.0 Å². The Morgan fingerprint density at radius 2 is 1.81 bits per heavy atom. The van der Waals surface area contributed by atoms with Crippen LogP contribution in [0.3, 0.4) is 0 Å². The van der Waals surface area contributed by atoms with E-state index in [1.54, 1.807) is 0 Å². The number of halogens is 1. The molecule has 5 heteroatoms. The van der Waals surface area contributed by atoms with Gasteiger partial charge in [0.05, 0.1) is 0 Å². The van der Waals surface area contributed by atoms with Gasteiger partial charge in [-0.25, -0.2) is 4.39 Å². The van der Waals surface area contributed by atoms with Crippen LogP contribution in [-0.2, 0) is 6.54 Å². The van der Waals surface area contributed by atoms with Gasteiger partial charge >= 0.3 is 0 Å². The molecule has 0 aliphatic carbocycles. The summed E-state index contributed by atoms with van der Waals surface area (Å²) in [5.41, 5.74) is 2.87. The second-order valence-corrected chi connectivity index (χ2v) is 6.99. The third-order valence-electron chi connectivity index (χ3n) is 4.80. The lowest BCUT2D eigenvalue weighted by Crippen LogP contribution is -2.35. The van der Waals surface area contributed by atoms with Gasteiger partial charge in [-0.1, -0.05) is 18.2 Å². The minimum atomic E-state index is -0.207. The van der Waals surface area contributed by atoms with Crippen LogP contribution in [0, 0.1) is 5.82 Å². The molecule has 2 aromatic rings. The summed E-state index contributed by atoms with van der Waals surface area (Å²) in [6, 6.07) is 14.4. The van der Waals surface area contributed by atoms with Crippen molar-refractivity contribution in [1.29, 1.82) is 0 Å². The molecule has 1 aliphatic heterocycles. The van der Waals surface area contributed by atoms with E-state index in [0.717, 1.165) is 49.4 Å². The monoisotopic (exact) mass is 355 g/mol. The second-order valence-electron chi connectivity index (χ2n) is 6.99. The van der Waals surface area contributed by atoms with Crippen molar-refractivity contribution in [2.45, 2.75) is 13.0 Å². The van der Waals surface area contributed by atoms with Gasteiger partial charge in [-0.2, -0.15) is 0 Å². The highest BCUT2D eigenvalue weighted by Gasteiger charge is 2.20. The van der Waals surface area contributed by atoms with Crippen LogP contribution in [0.5, 0.6) is 0 Å². The normalized spacial score (nSPS) is 15.6. The standard InChI is InChI=1S/C21H26FN3O/c1-23(2)20-6-3-5-18(15-20)21(26)25-12-4-11-24(13-14-25)16-17-7-9-19(22)10-8-17/h3,5-10,15H,4,11-14,16H2,1-2H3. The summed E-state index contributed by atoms with van der Waals surface area (Å²) in [6.07, 6.45) is 0.945. The molecule has 0 N–H and O–H groups in total. The SMILES string of the molecule is CN(C)c1cccc(C(=O)N2CCCN(Cc3ccc(F)cc3)CC2)c1. The molecule has 0 radical (unpaired) electrons. The number of hydrogen-bond donors (Lipinski definition) is 0. The highest BCUT2D eigenvalue weighted by atomic mass is 19.1. The number of nitrogens with zero attached hydrogens (tertiary/aromatic N) is 3. The van der Waals surface area contributed by atoms with E-state index >= 15 is 0 Å². The van der Waals surface area contributed by atoms with Crippen LogP contribution in [0.15, 0.2) is 48.5 Å². The molecule has 0 spiro atoms. The molecule has 4 nitrogen and oxygen atoms in total. The fraction of sp³-hybridized carbons (Fsp3) is 0.381. The Hall–Kier alpha value is -2.40. The molecule has 138 valence electrons. The number of carbonyl (C=O) groups excluding carboxylic acids is 1. The van der Waals surface area contributed by atoms with Crippen molar-refractivity contribution < 1.29 is 9.18 Å². The smallest absolute Gasteiger partial charge is 0.253 e. The van der Waals surface area contributed by atoms with E-state index in [1.807, 2.05) is 60.3 Å². The third-order valence-corrected chi connectivity index (χ3v) is 4.80. The zero-order chi connectivity index (χ0) is 18.5. The summed E-state index contributed by atoms with van der Waals surface area (Å²) in [5.74, 6) is -0.112. The molecule has 1 amide bonds. The lowest BCUT2D eigenvalue weighted by atomic mass is 10.1. The quantitative estimate of drug-likeness (QED) is 0.842. The predicted molar refractivity (Wildman–Crippen MR) is 103 cm³/mol. The van der Waals surface area contributed by atoms with Crippen LogP contribution in [0.25, 0.3) is 0 Å². The predicted octanol–water partition coefficient (Wildman–Crippen LogP) is 3.24. The minimum Gasteiger partial charge on any atom is -0.378 e. The topological polar surface area (TPSA) is 26.8 Å². The molecule has 3 rings (SSSR count). The maximum Gasteiger partial charge on any atom is 0.253 e. The van der Waals surface area contributed by atoms with Gasteiger partial charge in [0.1, 0.15) is 5.82 Å². The van der Waals surface area contributed by atoms with Gasteiger partial charge in [0, 0.05) is 58.1 Å². The van der Waals surface area contributed by atoms with Crippen molar-refractivity contribution >= 4 is 11.6 Å². The fourth-order valence-corrected chi connectivity index (χ4v) is 3.28. The maximum atomic E-state index is 13.0. The Labute approximate surface area is 154 Å². The molecule has 1 saturated heterocycles. The van der Waals surface area contributed by atoms with Gasteiger partial charge in [0.15, 0.2) is 0 Å². The van der Waals surface area contributed by atoms with Gasteiger partial charge in [-0.05, 0) is 42.3 Å². The Kier molecular flexibility index (Phi) is 5.89. The van der Waals surface area contributed by atoms with E-state index in [4.69, 9.17) is 0 Å². The molecule has 0 bridgehead atoms. The Balaban J connectivity index is 1.61. The Morgan fingerprint density at radius 3 is 2.54 bits per heavy atom. The first kappa shape index (κ1) is 18.4. The first-order valence-corrected chi connectivity index (χ1v) is 9.06. The lowest BCUT2D eigenvalue weighted by Gasteiger charge is -2.23. The van der Waals surface area contributed by atoms with Crippen molar-refractivity contribution in [1.82, 2.24) is 9.80 Å². The molecule has 26 heavy (non-hydrogen) atoms. The van der Waals surface area contributed by atoms with E-state index in [0.29, 0.717) is 6.54 Å². The summed E-state index contributed by atoms with van der Waals surface area (Å²) in [4.78, 5) is 19.2. The number of amides is 1. The zero-order valence-corrected chi connectivity index (χ0v) is 15.5. The van der Waals surface area contributed by atoms with Crippen LogP contribution >= 0.6 is 0 Å². The summed E-state index contributed by atoms with van der Waals surface area (Å²) in [5, 5.41) is 0. The summed E-state index contributed by atoms with van der Waals surface area (Å²) < 4.78 is 13.0. The molecule has 2 aromatic carbocycles. The molecule has 0 aromatic heterocycles. The number of benzene rings is 2. The van der Waals surface area contributed by atoms with E-state index in [2.05, 4.69) is 4.90 Å². The van der Waals surface area contributed by atoms with Crippen molar-refractivity contribution in [2.75, 3.05) is 45.2 Å². The first-order chi connectivity index (χ1) is 12.5. The average molecular weight is 355 g/mol. The maximum absolute atomic E-state index is 13.0. The van der Waals surface area contributed by atoms with Crippen LogP contribution < -0.4 is 4.90 Å². The van der Waals surface area contributed by atoms with E-state index in [9.17, 15) is 9.18 Å². The highest BCUT2D eigenvalue weighted by molar-refractivity contribution is 5.95. The van der Waals surface area contributed by atoms with E-state index in [1.165, 1.54) is 12.1 Å². The molecule has 0 atom stereocenters. The largest absolute Gasteiger partial charge is 0.378 e. The molecule has 1 fully saturated rings. The van der Waals surface area contributed by atoms with Gasteiger partial charge in [-0.3, -0.25) is 9.69 Å². The Morgan fingerprint density at radius 1 is 1.04 bits per heavy atom. The molecule has 1 heterocycles. The van der Waals surface area contributed by atoms with Gasteiger partial charge in [0.2, 0.25) is 0 Å². The van der Waals surface area contributed by atoms with Gasteiger partial charge < -0.3 is 9.80 Å². The highest BCUT2D eigenvalue weighted by Crippen LogP contribution is 2.17. The summed E-state index contributed by atoms with van der Waals surface area (Å²) in [6.45, 7) is 4.05. The minimum absolute atomic E-state index is 0.0948. The number of carbonyl (C=O) groups is 1. The second kappa shape index (κ2) is 8.32. The number of rotatable bonds is 4. The van der Waals surface area contributed by atoms with E-state index in [-0.39, 0.29) is 11.7 Å².